The Morgan fingerprint density at radius 1 is 1.08 bits per heavy atom. The summed E-state index contributed by atoms with van der Waals surface area (Å²) in [5, 5.41) is 2.81. The molecule has 0 aliphatic heterocycles. The Labute approximate surface area is 154 Å². The third kappa shape index (κ3) is 5.49. The minimum atomic E-state index is -3.81. The quantitative estimate of drug-likeness (QED) is 0.657. The normalized spacial score (nSPS) is 11.0. The summed E-state index contributed by atoms with van der Waals surface area (Å²) in [6.45, 7) is 2.66. The van der Waals surface area contributed by atoms with Crippen molar-refractivity contribution in [3.8, 4) is 5.75 Å². The number of amides is 1. The number of ether oxygens (including phenoxy) is 1. The maximum Gasteiger partial charge on any atom is 0.261 e. The summed E-state index contributed by atoms with van der Waals surface area (Å²) in [6, 6.07) is 12.6. The second-order valence-electron chi connectivity index (χ2n) is 5.83. The maximum atomic E-state index is 12.6. The molecule has 2 N–H and O–H groups in total. The van der Waals surface area contributed by atoms with Crippen LogP contribution in [0, 0.1) is 0 Å². The number of unbranched alkanes of at least 4 members (excludes halogenated alkanes) is 2. The van der Waals surface area contributed by atoms with Crippen molar-refractivity contribution in [3.05, 3.63) is 54.1 Å². The number of hydrogen-bond donors (Lipinski definition) is 2. The first kappa shape index (κ1) is 19.8. The van der Waals surface area contributed by atoms with Gasteiger partial charge in [-0.2, -0.15) is 0 Å². The van der Waals surface area contributed by atoms with Gasteiger partial charge in [-0.1, -0.05) is 31.9 Å². The summed E-state index contributed by atoms with van der Waals surface area (Å²) in [7, 11) is -2.30. The van der Waals surface area contributed by atoms with E-state index in [4.69, 9.17) is 4.74 Å². The van der Waals surface area contributed by atoms with E-state index in [-0.39, 0.29) is 10.8 Å². The van der Waals surface area contributed by atoms with Crippen molar-refractivity contribution in [1.29, 1.82) is 0 Å². The van der Waals surface area contributed by atoms with Crippen LogP contribution in [0.4, 0.5) is 5.69 Å². The van der Waals surface area contributed by atoms with E-state index in [0.29, 0.717) is 23.5 Å². The van der Waals surface area contributed by atoms with Crippen molar-refractivity contribution >= 4 is 21.6 Å². The summed E-state index contributed by atoms with van der Waals surface area (Å²) in [5.41, 5.74) is 0.703. The number of benzene rings is 2. The highest BCUT2D eigenvalue weighted by atomic mass is 32.2. The van der Waals surface area contributed by atoms with Crippen molar-refractivity contribution in [2.24, 2.45) is 0 Å². The summed E-state index contributed by atoms with van der Waals surface area (Å²) < 4.78 is 32.8. The Morgan fingerprint density at radius 2 is 1.85 bits per heavy atom. The average molecular weight is 376 g/mol. The van der Waals surface area contributed by atoms with Crippen LogP contribution >= 0.6 is 0 Å². The molecule has 1 amide bonds. The number of methoxy groups -OCH3 is 1. The van der Waals surface area contributed by atoms with Gasteiger partial charge in [-0.05, 0) is 36.8 Å². The molecule has 0 heterocycles. The van der Waals surface area contributed by atoms with E-state index in [9.17, 15) is 13.2 Å². The lowest BCUT2D eigenvalue weighted by Gasteiger charge is -2.10. The van der Waals surface area contributed by atoms with E-state index in [1.807, 2.05) is 0 Å². The molecule has 2 rings (SSSR count). The SMILES string of the molecule is CCCCCNC(=O)c1cccc(S(=O)(=O)Nc2cccc(OC)c2)c1. The van der Waals surface area contributed by atoms with Crippen molar-refractivity contribution in [3.63, 3.8) is 0 Å². The molecule has 7 heteroatoms. The molecule has 26 heavy (non-hydrogen) atoms. The van der Waals surface area contributed by atoms with Gasteiger partial charge in [0.25, 0.3) is 15.9 Å². The van der Waals surface area contributed by atoms with Gasteiger partial charge in [-0.15, -0.1) is 0 Å². The fraction of sp³-hybridized carbons (Fsp3) is 0.316. The molecular formula is C19H24N2O4S. The van der Waals surface area contributed by atoms with Crippen LogP contribution in [0.3, 0.4) is 0 Å². The third-order valence-electron chi connectivity index (χ3n) is 3.79. The Balaban J connectivity index is 2.13. The number of hydrogen-bond acceptors (Lipinski definition) is 4. The van der Waals surface area contributed by atoms with Crippen LogP contribution in [0.25, 0.3) is 0 Å². The molecule has 0 aliphatic carbocycles. The molecule has 2 aromatic rings. The van der Waals surface area contributed by atoms with Crippen LogP contribution in [0.5, 0.6) is 5.75 Å². The summed E-state index contributed by atoms with van der Waals surface area (Å²) in [5.74, 6) is 0.268. The van der Waals surface area contributed by atoms with E-state index < -0.39 is 10.0 Å². The topological polar surface area (TPSA) is 84.5 Å². The van der Waals surface area contributed by atoms with Crippen molar-refractivity contribution in [2.75, 3.05) is 18.4 Å². The van der Waals surface area contributed by atoms with Gasteiger partial charge < -0.3 is 10.1 Å². The Hall–Kier alpha value is -2.54. The van der Waals surface area contributed by atoms with Crippen LogP contribution in [0.1, 0.15) is 36.5 Å². The predicted octanol–water partition coefficient (Wildman–Crippen LogP) is 3.42. The molecular weight excluding hydrogens is 352 g/mol. The highest BCUT2D eigenvalue weighted by molar-refractivity contribution is 7.92. The van der Waals surface area contributed by atoms with Gasteiger partial charge in [0.15, 0.2) is 0 Å². The molecule has 0 fully saturated rings. The number of anilines is 1. The fourth-order valence-electron chi connectivity index (χ4n) is 2.38. The summed E-state index contributed by atoms with van der Waals surface area (Å²) >= 11 is 0. The van der Waals surface area contributed by atoms with Gasteiger partial charge in [0, 0.05) is 18.2 Å². The number of rotatable bonds is 9. The molecule has 0 aliphatic rings. The molecule has 140 valence electrons. The minimum absolute atomic E-state index is 0.0292. The zero-order valence-corrected chi connectivity index (χ0v) is 15.8. The smallest absolute Gasteiger partial charge is 0.261 e. The largest absolute Gasteiger partial charge is 0.497 e. The highest BCUT2D eigenvalue weighted by Crippen LogP contribution is 2.21. The second-order valence-corrected chi connectivity index (χ2v) is 7.51. The van der Waals surface area contributed by atoms with Crippen molar-refractivity contribution < 1.29 is 17.9 Å². The maximum absolute atomic E-state index is 12.6. The average Bonchev–Trinajstić information content (AvgIpc) is 2.65. The van der Waals surface area contributed by atoms with Crippen LogP contribution < -0.4 is 14.8 Å². The molecule has 0 radical (unpaired) electrons. The molecule has 0 saturated heterocycles. The highest BCUT2D eigenvalue weighted by Gasteiger charge is 2.16. The van der Waals surface area contributed by atoms with Gasteiger partial charge in [-0.3, -0.25) is 9.52 Å². The van der Waals surface area contributed by atoms with Crippen LogP contribution in [-0.2, 0) is 10.0 Å². The van der Waals surface area contributed by atoms with Gasteiger partial charge >= 0.3 is 0 Å². The van der Waals surface area contributed by atoms with E-state index in [0.717, 1.165) is 19.3 Å². The lowest BCUT2D eigenvalue weighted by atomic mass is 10.2. The van der Waals surface area contributed by atoms with Crippen LogP contribution in [0.2, 0.25) is 0 Å². The molecule has 0 bridgehead atoms. The Bertz CT molecular complexity index is 850. The van der Waals surface area contributed by atoms with E-state index in [1.165, 1.54) is 19.2 Å². The summed E-state index contributed by atoms with van der Waals surface area (Å²) in [6.07, 6.45) is 3.01. The first-order chi connectivity index (χ1) is 12.5. The first-order valence-electron chi connectivity index (χ1n) is 8.51. The zero-order valence-electron chi connectivity index (χ0n) is 15.0. The standard InChI is InChI=1S/C19H24N2O4S/c1-3-4-5-12-20-19(22)15-8-6-11-18(13-15)26(23,24)21-16-9-7-10-17(14-16)25-2/h6-11,13-14,21H,3-5,12H2,1-2H3,(H,20,22). The Morgan fingerprint density at radius 3 is 2.58 bits per heavy atom. The van der Waals surface area contributed by atoms with E-state index in [1.54, 1.807) is 36.4 Å². The number of sulfonamides is 1. The van der Waals surface area contributed by atoms with Gasteiger partial charge in [0.2, 0.25) is 0 Å². The molecule has 6 nitrogen and oxygen atoms in total. The number of carbonyl (C=O) groups is 1. The van der Waals surface area contributed by atoms with E-state index in [2.05, 4.69) is 17.0 Å². The van der Waals surface area contributed by atoms with Gasteiger partial charge in [0.05, 0.1) is 17.7 Å². The predicted molar refractivity (Wildman–Crippen MR) is 102 cm³/mol. The minimum Gasteiger partial charge on any atom is -0.497 e. The van der Waals surface area contributed by atoms with Crippen molar-refractivity contribution in [1.82, 2.24) is 5.32 Å². The van der Waals surface area contributed by atoms with Gasteiger partial charge in [-0.25, -0.2) is 8.42 Å². The first-order valence-corrected chi connectivity index (χ1v) is 9.99. The lowest BCUT2D eigenvalue weighted by molar-refractivity contribution is 0.0952. The molecule has 0 unspecified atom stereocenters. The number of nitrogens with one attached hydrogen (secondary N) is 2. The monoisotopic (exact) mass is 376 g/mol. The second kappa shape index (κ2) is 9.24. The van der Waals surface area contributed by atoms with Crippen LogP contribution in [-0.4, -0.2) is 28.0 Å². The third-order valence-corrected chi connectivity index (χ3v) is 5.17. The fourth-order valence-corrected chi connectivity index (χ4v) is 3.48. The lowest BCUT2D eigenvalue weighted by Crippen LogP contribution is -2.24. The van der Waals surface area contributed by atoms with Crippen LogP contribution in [0.15, 0.2) is 53.4 Å². The molecule has 0 aromatic heterocycles. The van der Waals surface area contributed by atoms with Crippen molar-refractivity contribution in [2.45, 2.75) is 31.1 Å². The molecule has 0 saturated carbocycles. The van der Waals surface area contributed by atoms with Gasteiger partial charge in [0.1, 0.15) is 5.75 Å². The molecule has 2 aromatic carbocycles. The molecule has 0 spiro atoms. The zero-order chi connectivity index (χ0) is 19.0. The molecule has 0 atom stereocenters. The Kier molecular flexibility index (Phi) is 7.03. The number of carbonyl (C=O) groups excluding carboxylic acids is 1. The van der Waals surface area contributed by atoms with E-state index >= 15 is 0 Å². The summed E-state index contributed by atoms with van der Waals surface area (Å²) in [4.78, 5) is 12.2.